The van der Waals surface area contributed by atoms with E-state index < -0.39 is 10.1 Å². The fourth-order valence-corrected chi connectivity index (χ4v) is 3.54. The first kappa shape index (κ1) is 16.7. The van der Waals surface area contributed by atoms with Gasteiger partial charge in [0.05, 0.1) is 23.4 Å². The van der Waals surface area contributed by atoms with Crippen LogP contribution in [0.2, 0.25) is 0 Å². The molecule has 0 atom stereocenters. The van der Waals surface area contributed by atoms with Crippen molar-refractivity contribution < 1.29 is 12.6 Å². The minimum atomic E-state index is -3.71. The molecule has 0 unspecified atom stereocenters. The number of thiazole rings is 1. The summed E-state index contributed by atoms with van der Waals surface area (Å²) in [6.45, 7) is 2.00. The molecule has 2 heterocycles. The third kappa shape index (κ3) is 4.05. The van der Waals surface area contributed by atoms with E-state index in [1.54, 1.807) is 41.3 Å². The molecule has 0 aliphatic carbocycles. The third-order valence-corrected chi connectivity index (χ3v) is 5.37. The van der Waals surface area contributed by atoms with Gasteiger partial charge in [-0.3, -0.25) is 4.18 Å². The third-order valence-electron chi connectivity index (χ3n) is 3.28. The maximum Gasteiger partial charge on any atom is 0.296 e. The summed E-state index contributed by atoms with van der Waals surface area (Å²) in [5.41, 5.74) is 1.76. The van der Waals surface area contributed by atoms with Crippen molar-refractivity contribution in [3.63, 3.8) is 0 Å². The Kier molecular flexibility index (Phi) is 5.03. The Bertz CT molecular complexity index is 887. The summed E-state index contributed by atoms with van der Waals surface area (Å²) in [5, 5.41) is 10.7. The fourth-order valence-electron chi connectivity index (χ4n) is 2.03. The minimum absolute atomic E-state index is 0.0975. The molecule has 9 heteroatoms. The number of aromatic nitrogens is 4. The maximum atomic E-state index is 12.1. The SMILES string of the molecule is Cc1ccc(S(=O)(=O)OCCCc2cn(-c3nccs3)nn2)cc1. The Morgan fingerprint density at radius 2 is 2.04 bits per heavy atom. The summed E-state index contributed by atoms with van der Waals surface area (Å²) in [4.78, 5) is 4.31. The molecule has 0 aliphatic rings. The number of hydrogen-bond acceptors (Lipinski definition) is 7. The van der Waals surface area contributed by atoms with Crippen LogP contribution < -0.4 is 0 Å². The van der Waals surface area contributed by atoms with Crippen LogP contribution in [-0.2, 0) is 20.7 Å². The molecule has 0 fully saturated rings. The highest BCUT2D eigenvalue weighted by molar-refractivity contribution is 7.86. The molecule has 3 rings (SSSR count). The molecule has 0 N–H and O–H groups in total. The van der Waals surface area contributed by atoms with Crippen molar-refractivity contribution in [1.29, 1.82) is 0 Å². The Labute approximate surface area is 144 Å². The summed E-state index contributed by atoms with van der Waals surface area (Å²) in [6.07, 6.45) is 4.59. The van der Waals surface area contributed by atoms with Crippen LogP contribution in [0.15, 0.2) is 46.9 Å². The number of aryl methyl sites for hydroxylation is 2. The van der Waals surface area contributed by atoms with E-state index in [2.05, 4.69) is 15.3 Å². The van der Waals surface area contributed by atoms with Crippen molar-refractivity contribution in [2.24, 2.45) is 0 Å². The second-order valence-electron chi connectivity index (χ2n) is 5.16. The van der Waals surface area contributed by atoms with Crippen LogP contribution in [0.3, 0.4) is 0 Å². The fraction of sp³-hybridized carbons (Fsp3) is 0.267. The smallest absolute Gasteiger partial charge is 0.266 e. The topological polar surface area (TPSA) is 87.0 Å². The van der Waals surface area contributed by atoms with Crippen molar-refractivity contribution in [3.8, 4) is 5.13 Å². The van der Waals surface area contributed by atoms with Crippen molar-refractivity contribution in [2.45, 2.75) is 24.7 Å². The predicted molar refractivity (Wildman–Crippen MR) is 89.7 cm³/mol. The van der Waals surface area contributed by atoms with Gasteiger partial charge in [-0.1, -0.05) is 22.9 Å². The Morgan fingerprint density at radius 3 is 2.75 bits per heavy atom. The summed E-state index contributed by atoms with van der Waals surface area (Å²) in [6, 6.07) is 6.58. The monoisotopic (exact) mass is 364 g/mol. The number of hydrogen-bond donors (Lipinski definition) is 0. The first-order chi connectivity index (χ1) is 11.5. The lowest BCUT2D eigenvalue weighted by molar-refractivity contribution is 0.312. The van der Waals surface area contributed by atoms with Crippen LogP contribution in [0, 0.1) is 6.92 Å². The van der Waals surface area contributed by atoms with Gasteiger partial charge in [0.2, 0.25) is 5.13 Å². The van der Waals surface area contributed by atoms with Crippen LogP contribution in [0.1, 0.15) is 17.7 Å². The molecule has 0 saturated heterocycles. The molecule has 0 aliphatic heterocycles. The zero-order valence-corrected chi connectivity index (χ0v) is 14.6. The lowest BCUT2D eigenvalue weighted by atomic mass is 10.2. The van der Waals surface area contributed by atoms with Crippen LogP contribution in [0.5, 0.6) is 0 Å². The van der Waals surface area contributed by atoms with E-state index in [0.717, 1.165) is 16.4 Å². The first-order valence-corrected chi connectivity index (χ1v) is 9.60. The largest absolute Gasteiger partial charge is 0.296 e. The average molecular weight is 364 g/mol. The molecule has 0 spiro atoms. The van der Waals surface area contributed by atoms with Gasteiger partial charge in [0, 0.05) is 11.6 Å². The molecule has 0 amide bonds. The van der Waals surface area contributed by atoms with Crippen LogP contribution in [0.25, 0.3) is 5.13 Å². The van der Waals surface area contributed by atoms with E-state index in [-0.39, 0.29) is 11.5 Å². The van der Waals surface area contributed by atoms with Crippen molar-refractivity contribution >= 4 is 21.5 Å². The van der Waals surface area contributed by atoms with Gasteiger partial charge >= 0.3 is 0 Å². The van der Waals surface area contributed by atoms with Gasteiger partial charge in [0.15, 0.2) is 0 Å². The van der Waals surface area contributed by atoms with E-state index in [1.807, 2.05) is 12.3 Å². The maximum absolute atomic E-state index is 12.1. The highest BCUT2D eigenvalue weighted by atomic mass is 32.2. The lowest BCUT2D eigenvalue weighted by Gasteiger charge is -2.05. The van der Waals surface area contributed by atoms with Crippen molar-refractivity contribution in [3.05, 3.63) is 53.3 Å². The average Bonchev–Trinajstić information content (AvgIpc) is 3.23. The van der Waals surface area contributed by atoms with E-state index in [1.165, 1.54) is 11.3 Å². The molecule has 1 aromatic carbocycles. The summed E-state index contributed by atoms with van der Waals surface area (Å²) >= 11 is 1.46. The van der Waals surface area contributed by atoms with Gasteiger partial charge in [-0.05, 0) is 31.9 Å². The summed E-state index contributed by atoms with van der Waals surface area (Å²) in [7, 11) is -3.71. The van der Waals surface area contributed by atoms with Crippen molar-refractivity contribution in [1.82, 2.24) is 20.0 Å². The quantitative estimate of drug-likeness (QED) is 0.472. The zero-order valence-electron chi connectivity index (χ0n) is 13.0. The Balaban J connectivity index is 1.51. The van der Waals surface area contributed by atoms with E-state index in [9.17, 15) is 8.42 Å². The van der Waals surface area contributed by atoms with Crippen LogP contribution in [-0.4, -0.2) is 35.0 Å². The number of rotatable bonds is 7. The first-order valence-electron chi connectivity index (χ1n) is 7.32. The molecule has 126 valence electrons. The molecule has 2 aromatic heterocycles. The highest BCUT2D eigenvalue weighted by Gasteiger charge is 2.14. The lowest BCUT2D eigenvalue weighted by Crippen LogP contribution is -2.08. The Hall–Kier alpha value is -2.10. The number of nitrogens with zero attached hydrogens (tertiary/aromatic N) is 4. The van der Waals surface area contributed by atoms with Crippen LogP contribution in [0.4, 0.5) is 0 Å². The molecule has 7 nitrogen and oxygen atoms in total. The van der Waals surface area contributed by atoms with E-state index in [0.29, 0.717) is 12.8 Å². The molecule has 3 aromatic rings. The second-order valence-corrected chi connectivity index (χ2v) is 7.65. The van der Waals surface area contributed by atoms with E-state index >= 15 is 0 Å². The molecular formula is C15H16N4O3S2. The summed E-state index contributed by atoms with van der Waals surface area (Å²) < 4.78 is 30.8. The predicted octanol–water partition coefficient (Wildman–Crippen LogP) is 2.37. The zero-order chi connectivity index (χ0) is 17.0. The van der Waals surface area contributed by atoms with E-state index in [4.69, 9.17) is 4.18 Å². The second kappa shape index (κ2) is 7.20. The molecule has 0 saturated carbocycles. The molecule has 0 bridgehead atoms. The van der Waals surface area contributed by atoms with Gasteiger partial charge in [-0.15, -0.1) is 16.4 Å². The Morgan fingerprint density at radius 1 is 1.25 bits per heavy atom. The normalized spacial score (nSPS) is 11.7. The molecule has 0 radical (unpaired) electrons. The van der Waals surface area contributed by atoms with Crippen molar-refractivity contribution in [2.75, 3.05) is 6.61 Å². The van der Waals surface area contributed by atoms with Gasteiger partial charge in [0.1, 0.15) is 0 Å². The minimum Gasteiger partial charge on any atom is -0.266 e. The van der Waals surface area contributed by atoms with Gasteiger partial charge in [-0.2, -0.15) is 13.1 Å². The molecular weight excluding hydrogens is 348 g/mol. The van der Waals surface area contributed by atoms with Gasteiger partial charge < -0.3 is 0 Å². The number of benzene rings is 1. The standard InChI is InChI=1S/C15H16N4O3S2/c1-12-4-6-14(7-5-12)24(20,21)22-9-2-3-13-11-19(18-17-13)15-16-8-10-23-15/h4-8,10-11H,2-3,9H2,1H3. The molecule has 24 heavy (non-hydrogen) atoms. The highest BCUT2D eigenvalue weighted by Crippen LogP contribution is 2.14. The summed E-state index contributed by atoms with van der Waals surface area (Å²) in [5.74, 6) is 0. The van der Waals surface area contributed by atoms with Crippen LogP contribution >= 0.6 is 11.3 Å². The van der Waals surface area contributed by atoms with Gasteiger partial charge in [-0.25, -0.2) is 4.98 Å². The van der Waals surface area contributed by atoms with Gasteiger partial charge in [0.25, 0.3) is 10.1 Å².